The minimum atomic E-state index is -1.03. The molecule has 0 spiro atoms. The zero-order valence-electron chi connectivity index (χ0n) is 17.3. The lowest BCUT2D eigenvalue weighted by molar-refractivity contribution is -0.146. The number of rotatable bonds is 12. The smallest absolute Gasteiger partial charge is 0.335 e. The Morgan fingerprint density at radius 1 is 1.17 bits per heavy atom. The molecule has 29 heavy (non-hydrogen) atoms. The number of pyridine rings is 1. The van der Waals surface area contributed by atoms with Gasteiger partial charge in [-0.3, -0.25) is 0 Å². The number of aromatic nitrogens is 1. The molecule has 162 valence electrons. The Kier molecular flexibility index (Phi) is 8.62. The van der Waals surface area contributed by atoms with Gasteiger partial charge in [-0.25, -0.2) is 14.8 Å². The van der Waals surface area contributed by atoms with E-state index in [2.05, 4.69) is 9.98 Å². The fourth-order valence-corrected chi connectivity index (χ4v) is 2.82. The molecule has 0 saturated carbocycles. The first-order chi connectivity index (χ1) is 13.9. The van der Waals surface area contributed by atoms with Crippen molar-refractivity contribution >= 4 is 11.8 Å². The first-order valence-corrected chi connectivity index (χ1v) is 9.27. The number of aromatic hydroxyl groups is 1. The standard InChI is InChI=1S/C19H29N3O7/c1-19(18(24)26-4)13-22(2)17(21-19)16-15(23)11-14(12-20-16)29-10-9-28-8-7-27-6-5-25-3/h11-12,23H,5-10,13H2,1-4H3/t19-/m1/s1. The molecule has 0 fully saturated rings. The SMILES string of the molecule is COCCOCCOCCOc1cnc(C2=N[C@@](C)(C(=O)OC)CN2C)c(O)c1. The highest BCUT2D eigenvalue weighted by atomic mass is 16.6. The zero-order chi connectivity index (χ0) is 21.3. The molecule has 1 atom stereocenters. The van der Waals surface area contributed by atoms with Gasteiger partial charge in [-0.05, 0) is 6.92 Å². The van der Waals surface area contributed by atoms with Gasteiger partial charge >= 0.3 is 5.97 Å². The van der Waals surface area contributed by atoms with Crippen molar-refractivity contribution in [2.45, 2.75) is 12.5 Å². The predicted octanol–water partition coefficient (Wildman–Crippen LogP) is 0.469. The van der Waals surface area contributed by atoms with Crippen LogP contribution in [0.5, 0.6) is 11.5 Å². The number of methoxy groups -OCH3 is 2. The minimum absolute atomic E-state index is 0.0883. The number of carbonyl (C=O) groups excluding carboxylic acids is 1. The van der Waals surface area contributed by atoms with Gasteiger partial charge in [0.25, 0.3) is 0 Å². The highest BCUT2D eigenvalue weighted by molar-refractivity contribution is 6.03. The summed E-state index contributed by atoms with van der Waals surface area (Å²) < 4.78 is 25.9. The third-order valence-corrected chi connectivity index (χ3v) is 4.24. The third kappa shape index (κ3) is 6.28. The van der Waals surface area contributed by atoms with E-state index in [1.165, 1.54) is 19.4 Å². The zero-order valence-corrected chi connectivity index (χ0v) is 17.3. The molecule has 0 radical (unpaired) electrons. The monoisotopic (exact) mass is 411 g/mol. The molecule has 1 aliphatic rings. The Hall–Kier alpha value is -2.43. The molecule has 2 rings (SSSR count). The van der Waals surface area contributed by atoms with Crippen LogP contribution in [0, 0.1) is 0 Å². The molecule has 1 N–H and O–H groups in total. The van der Waals surface area contributed by atoms with Crippen LogP contribution in [0.3, 0.4) is 0 Å². The van der Waals surface area contributed by atoms with E-state index in [4.69, 9.17) is 23.7 Å². The van der Waals surface area contributed by atoms with Crippen molar-refractivity contribution in [3.8, 4) is 11.5 Å². The van der Waals surface area contributed by atoms with Crippen molar-refractivity contribution < 1.29 is 33.6 Å². The summed E-state index contributed by atoms with van der Waals surface area (Å²) in [6, 6.07) is 1.46. The van der Waals surface area contributed by atoms with Crippen molar-refractivity contribution in [2.24, 2.45) is 4.99 Å². The fourth-order valence-electron chi connectivity index (χ4n) is 2.82. The molecule has 0 aliphatic carbocycles. The lowest BCUT2D eigenvalue weighted by atomic mass is 10.1. The van der Waals surface area contributed by atoms with Crippen LogP contribution in [0.1, 0.15) is 12.6 Å². The first-order valence-electron chi connectivity index (χ1n) is 9.27. The number of esters is 1. The maximum absolute atomic E-state index is 12.0. The second kappa shape index (κ2) is 10.9. The van der Waals surface area contributed by atoms with Gasteiger partial charge in [-0.15, -0.1) is 0 Å². The van der Waals surface area contributed by atoms with Gasteiger partial charge in [0.15, 0.2) is 11.4 Å². The Labute approximate surface area is 170 Å². The van der Waals surface area contributed by atoms with Gasteiger partial charge < -0.3 is 33.7 Å². The van der Waals surface area contributed by atoms with Crippen LogP contribution in [0.2, 0.25) is 0 Å². The van der Waals surface area contributed by atoms with E-state index in [0.29, 0.717) is 57.8 Å². The van der Waals surface area contributed by atoms with Gasteiger partial charge in [0.2, 0.25) is 0 Å². The number of likely N-dealkylation sites (N-methyl/N-ethyl adjacent to an activating group) is 1. The maximum atomic E-state index is 12.0. The molecule has 1 aliphatic heterocycles. The maximum Gasteiger partial charge on any atom is 0.335 e. The summed E-state index contributed by atoms with van der Waals surface area (Å²) in [7, 11) is 4.71. The quantitative estimate of drug-likeness (QED) is 0.387. The molecule has 1 aromatic rings. The van der Waals surface area contributed by atoms with E-state index in [-0.39, 0.29) is 11.4 Å². The fraction of sp³-hybridized carbons (Fsp3) is 0.632. The number of hydrogen-bond acceptors (Lipinski definition) is 10. The number of carbonyl (C=O) groups is 1. The van der Waals surface area contributed by atoms with E-state index < -0.39 is 11.5 Å². The Bertz CT molecular complexity index is 713. The van der Waals surface area contributed by atoms with E-state index in [1.807, 2.05) is 0 Å². The second-order valence-electron chi connectivity index (χ2n) is 6.66. The lowest BCUT2D eigenvalue weighted by Crippen LogP contribution is -2.39. The summed E-state index contributed by atoms with van der Waals surface area (Å²) in [5.41, 5.74) is -0.760. The molecule has 10 nitrogen and oxygen atoms in total. The molecule has 0 amide bonds. The summed E-state index contributed by atoms with van der Waals surface area (Å²) in [6.45, 7) is 4.73. The lowest BCUT2D eigenvalue weighted by Gasteiger charge is -2.19. The van der Waals surface area contributed by atoms with Crippen molar-refractivity contribution in [1.29, 1.82) is 0 Å². The van der Waals surface area contributed by atoms with Crippen molar-refractivity contribution in [2.75, 3.05) is 67.5 Å². The molecule has 0 aromatic carbocycles. The Morgan fingerprint density at radius 2 is 1.83 bits per heavy atom. The van der Waals surface area contributed by atoms with Gasteiger partial charge in [-0.1, -0.05) is 0 Å². The van der Waals surface area contributed by atoms with Gasteiger partial charge in [-0.2, -0.15) is 0 Å². The second-order valence-corrected chi connectivity index (χ2v) is 6.66. The number of amidine groups is 1. The Balaban J connectivity index is 1.84. The molecule has 10 heteroatoms. The predicted molar refractivity (Wildman–Crippen MR) is 104 cm³/mol. The molecular weight excluding hydrogens is 382 g/mol. The van der Waals surface area contributed by atoms with Crippen molar-refractivity contribution in [3.05, 3.63) is 18.0 Å². The van der Waals surface area contributed by atoms with Crippen LogP contribution >= 0.6 is 0 Å². The number of nitrogens with zero attached hydrogens (tertiary/aromatic N) is 3. The highest BCUT2D eigenvalue weighted by Gasteiger charge is 2.42. The van der Waals surface area contributed by atoms with Gasteiger partial charge in [0.05, 0.1) is 52.9 Å². The highest BCUT2D eigenvalue weighted by Crippen LogP contribution is 2.28. The van der Waals surface area contributed by atoms with Gasteiger partial charge in [0, 0.05) is 20.2 Å². The molecule has 0 bridgehead atoms. The summed E-state index contributed by atoms with van der Waals surface area (Å²) in [5, 5.41) is 10.4. The van der Waals surface area contributed by atoms with Gasteiger partial charge in [0.1, 0.15) is 23.8 Å². The van der Waals surface area contributed by atoms with Crippen LogP contribution < -0.4 is 4.74 Å². The van der Waals surface area contributed by atoms with Crippen LogP contribution in [0.4, 0.5) is 0 Å². The summed E-state index contributed by atoms with van der Waals surface area (Å²) in [6.07, 6.45) is 1.49. The van der Waals surface area contributed by atoms with E-state index >= 15 is 0 Å². The summed E-state index contributed by atoms with van der Waals surface area (Å²) in [4.78, 5) is 22.4. The van der Waals surface area contributed by atoms with Crippen LogP contribution in [0.15, 0.2) is 17.3 Å². The van der Waals surface area contributed by atoms with E-state index in [0.717, 1.165) is 0 Å². The van der Waals surface area contributed by atoms with E-state index in [9.17, 15) is 9.90 Å². The summed E-state index contributed by atoms with van der Waals surface area (Å²) in [5.74, 6) is 0.291. The number of ether oxygens (including phenoxy) is 5. The molecule has 1 aromatic heterocycles. The van der Waals surface area contributed by atoms with Crippen LogP contribution in [-0.4, -0.2) is 99.8 Å². The normalized spacial score (nSPS) is 18.6. The van der Waals surface area contributed by atoms with Crippen LogP contribution in [-0.2, 0) is 23.7 Å². The topological polar surface area (TPSA) is 112 Å². The first kappa shape index (κ1) is 22.9. The molecular formula is C19H29N3O7. The third-order valence-electron chi connectivity index (χ3n) is 4.24. The average Bonchev–Trinajstić information content (AvgIpc) is 3.01. The van der Waals surface area contributed by atoms with Crippen molar-refractivity contribution in [1.82, 2.24) is 9.88 Å². The molecule has 0 unspecified atom stereocenters. The number of aliphatic imine (C=N–C) groups is 1. The summed E-state index contributed by atoms with van der Waals surface area (Å²) >= 11 is 0. The largest absolute Gasteiger partial charge is 0.505 e. The minimum Gasteiger partial charge on any atom is -0.505 e. The van der Waals surface area contributed by atoms with Crippen LogP contribution in [0.25, 0.3) is 0 Å². The van der Waals surface area contributed by atoms with E-state index in [1.54, 1.807) is 26.0 Å². The van der Waals surface area contributed by atoms with Crippen molar-refractivity contribution in [3.63, 3.8) is 0 Å². The molecule has 0 saturated heterocycles. The Morgan fingerprint density at radius 3 is 2.45 bits per heavy atom. The molecule has 2 heterocycles. The number of hydrogen-bond donors (Lipinski definition) is 1. The average molecular weight is 411 g/mol.